The van der Waals surface area contributed by atoms with E-state index in [0.29, 0.717) is 0 Å². The highest BCUT2D eigenvalue weighted by Gasteiger charge is 2.27. The number of methoxy groups -OCH3 is 1. The lowest BCUT2D eigenvalue weighted by Crippen LogP contribution is -2.45. The molecule has 0 aliphatic heterocycles. The van der Waals surface area contributed by atoms with Crippen molar-refractivity contribution in [2.75, 3.05) is 25.5 Å². The molecule has 3 amide bonds. The highest BCUT2D eigenvalue weighted by Crippen LogP contribution is 2.24. The van der Waals surface area contributed by atoms with Crippen molar-refractivity contribution in [2.45, 2.75) is 6.18 Å². The molecule has 1 aromatic rings. The number of anilines is 1. The smallest absolute Gasteiger partial charge is 0.405 e. The number of ether oxygens (including phenoxy) is 1. The summed E-state index contributed by atoms with van der Waals surface area (Å²) in [6.45, 7) is -1.97. The van der Waals surface area contributed by atoms with E-state index in [1.807, 2.05) is 0 Å². The van der Waals surface area contributed by atoms with Gasteiger partial charge in [0.05, 0.1) is 19.3 Å². The van der Waals surface area contributed by atoms with E-state index in [4.69, 9.17) is 4.74 Å². The van der Waals surface area contributed by atoms with Gasteiger partial charge >= 0.3 is 12.2 Å². The number of amides is 3. The van der Waals surface area contributed by atoms with Crippen LogP contribution in [0.2, 0.25) is 0 Å². The Hall–Kier alpha value is -2.52. The van der Waals surface area contributed by atoms with Crippen molar-refractivity contribution >= 4 is 17.6 Å². The third kappa shape index (κ3) is 6.29. The molecule has 0 aliphatic rings. The van der Waals surface area contributed by atoms with Gasteiger partial charge in [-0.05, 0) is 12.1 Å². The third-order valence-corrected chi connectivity index (χ3v) is 2.31. The molecule has 0 saturated carbocycles. The lowest BCUT2D eigenvalue weighted by atomic mass is 10.3. The van der Waals surface area contributed by atoms with Gasteiger partial charge in [0.2, 0.25) is 5.91 Å². The van der Waals surface area contributed by atoms with Gasteiger partial charge in [0, 0.05) is 6.07 Å². The van der Waals surface area contributed by atoms with Gasteiger partial charge in [-0.25, -0.2) is 9.18 Å². The van der Waals surface area contributed by atoms with Crippen molar-refractivity contribution in [3.63, 3.8) is 0 Å². The molecular weight excluding hydrogens is 310 g/mol. The maximum atomic E-state index is 13.0. The Bertz CT molecular complexity index is 549. The molecule has 1 aromatic carbocycles. The number of nitrogens with one attached hydrogen (secondary N) is 3. The van der Waals surface area contributed by atoms with Crippen LogP contribution in [0.5, 0.6) is 5.75 Å². The Morgan fingerprint density at radius 2 is 1.95 bits per heavy atom. The van der Waals surface area contributed by atoms with Crippen LogP contribution in [0.3, 0.4) is 0 Å². The topological polar surface area (TPSA) is 79.5 Å². The zero-order valence-electron chi connectivity index (χ0n) is 11.4. The average Bonchev–Trinajstić information content (AvgIpc) is 2.43. The fraction of sp³-hybridized carbons (Fsp3) is 0.333. The summed E-state index contributed by atoms with van der Waals surface area (Å²) < 4.78 is 53.4. The van der Waals surface area contributed by atoms with E-state index >= 15 is 0 Å². The van der Waals surface area contributed by atoms with E-state index in [0.717, 1.165) is 12.1 Å². The number of hydrogen-bond donors (Lipinski definition) is 3. The number of rotatable bonds is 5. The van der Waals surface area contributed by atoms with Crippen LogP contribution in [-0.4, -0.2) is 38.3 Å². The van der Waals surface area contributed by atoms with Gasteiger partial charge in [-0.2, -0.15) is 13.2 Å². The van der Waals surface area contributed by atoms with E-state index in [9.17, 15) is 27.2 Å². The number of carbonyl (C=O) groups is 2. The monoisotopic (exact) mass is 323 g/mol. The summed E-state index contributed by atoms with van der Waals surface area (Å²) >= 11 is 0. The van der Waals surface area contributed by atoms with Gasteiger partial charge in [-0.15, -0.1) is 0 Å². The number of halogens is 4. The highest BCUT2D eigenvalue weighted by atomic mass is 19.4. The fourth-order valence-corrected chi connectivity index (χ4v) is 1.38. The number of hydrogen-bond acceptors (Lipinski definition) is 4. The van der Waals surface area contributed by atoms with Crippen molar-refractivity contribution in [2.24, 2.45) is 0 Å². The van der Waals surface area contributed by atoms with Crippen molar-refractivity contribution in [1.29, 1.82) is 0 Å². The number of carbonyl (C=O) groups excluding carboxylic acids is 2. The van der Waals surface area contributed by atoms with E-state index in [-0.39, 0.29) is 11.4 Å². The van der Waals surface area contributed by atoms with Gasteiger partial charge in [0.1, 0.15) is 18.1 Å². The molecule has 22 heavy (non-hydrogen) atoms. The quantitative estimate of drug-likeness (QED) is 0.720. The molecular formula is C12H13F4N3O3. The Kier molecular flexibility index (Phi) is 5.96. The predicted molar refractivity (Wildman–Crippen MR) is 69.0 cm³/mol. The van der Waals surface area contributed by atoms with Crippen LogP contribution in [0.25, 0.3) is 0 Å². The zero-order valence-corrected chi connectivity index (χ0v) is 11.4. The summed E-state index contributed by atoms with van der Waals surface area (Å²) in [5, 5.41) is 5.75. The molecule has 0 spiro atoms. The second-order valence-corrected chi connectivity index (χ2v) is 4.04. The first-order chi connectivity index (χ1) is 10.2. The van der Waals surface area contributed by atoms with Gasteiger partial charge in [-0.1, -0.05) is 0 Å². The van der Waals surface area contributed by atoms with E-state index in [1.165, 1.54) is 18.5 Å². The van der Waals surface area contributed by atoms with Crippen molar-refractivity contribution in [3.8, 4) is 5.75 Å². The molecule has 0 unspecified atom stereocenters. The molecule has 0 bridgehead atoms. The summed E-state index contributed by atoms with van der Waals surface area (Å²) in [6.07, 6.45) is -4.57. The predicted octanol–water partition coefficient (Wildman–Crippen LogP) is 1.63. The summed E-state index contributed by atoms with van der Waals surface area (Å²) in [5.41, 5.74) is 0.287. The van der Waals surface area contributed by atoms with E-state index < -0.39 is 37.0 Å². The minimum Gasteiger partial charge on any atom is -0.494 e. The first-order valence-electron chi connectivity index (χ1n) is 5.93. The van der Waals surface area contributed by atoms with Gasteiger partial charge in [0.25, 0.3) is 0 Å². The first-order valence-corrected chi connectivity index (χ1v) is 5.93. The largest absolute Gasteiger partial charge is 0.494 e. The summed E-state index contributed by atoms with van der Waals surface area (Å²) in [5.74, 6) is -1.28. The second-order valence-electron chi connectivity index (χ2n) is 4.04. The molecule has 3 N–H and O–H groups in total. The maximum Gasteiger partial charge on any atom is 0.405 e. The average molecular weight is 323 g/mol. The number of imide groups is 1. The van der Waals surface area contributed by atoms with Crippen molar-refractivity contribution < 1.29 is 31.9 Å². The minimum absolute atomic E-state index is 0.134. The molecule has 0 saturated heterocycles. The lowest BCUT2D eigenvalue weighted by molar-refractivity contribution is -0.124. The van der Waals surface area contributed by atoms with Gasteiger partial charge < -0.3 is 15.4 Å². The molecule has 0 heterocycles. The zero-order chi connectivity index (χ0) is 16.8. The van der Waals surface area contributed by atoms with E-state index in [2.05, 4.69) is 5.32 Å². The van der Waals surface area contributed by atoms with Crippen molar-refractivity contribution in [1.82, 2.24) is 10.6 Å². The minimum atomic E-state index is -4.57. The third-order valence-electron chi connectivity index (χ3n) is 2.31. The van der Waals surface area contributed by atoms with Crippen LogP contribution < -0.4 is 20.7 Å². The maximum absolute atomic E-state index is 13.0. The summed E-state index contributed by atoms with van der Waals surface area (Å²) in [4.78, 5) is 22.4. The van der Waals surface area contributed by atoms with E-state index in [1.54, 1.807) is 5.32 Å². The Morgan fingerprint density at radius 3 is 2.55 bits per heavy atom. The molecule has 0 aromatic heterocycles. The fourth-order valence-electron chi connectivity index (χ4n) is 1.38. The molecule has 0 aliphatic carbocycles. The molecule has 1 rings (SSSR count). The van der Waals surface area contributed by atoms with Crippen LogP contribution in [0, 0.1) is 5.82 Å². The molecule has 0 radical (unpaired) electrons. The highest BCUT2D eigenvalue weighted by molar-refractivity contribution is 5.96. The van der Waals surface area contributed by atoms with Crippen LogP contribution in [-0.2, 0) is 4.79 Å². The molecule has 6 nitrogen and oxygen atoms in total. The molecule has 0 fully saturated rings. The van der Waals surface area contributed by atoms with Crippen LogP contribution >= 0.6 is 0 Å². The normalized spacial score (nSPS) is 10.8. The number of benzene rings is 1. The SMILES string of the molecule is COc1cc(F)ccc1NCC(=O)NC(=O)NCC(F)(F)F. The molecule has 10 heteroatoms. The number of alkyl halides is 3. The Balaban J connectivity index is 2.45. The van der Waals surface area contributed by atoms with Crippen LogP contribution in [0.4, 0.5) is 28.0 Å². The summed E-state index contributed by atoms with van der Waals surface area (Å²) in [6, 6.07) is 2.25. The van der Waals surface area contributed by atoms with Crippen molar-refractivity contribution in [3.05, 3.63) is 24.0 Å². The standard InChI is InChI=1S/C12H13F4N3O3/c1-22-9-4-7(13)2-3-8(9)17-5-10(20)19-11(21)18-6-12(14,15)16/h2-4,17H,5-6H2,1H3,(H2,18,19,20,21). The summed E-state index contributed by atoms with van der Waals surface area (Å²) in [7, 11) is 1.30. The van der Waals surface area contributed by atoms with Crippen LogP contribution in [0.15, 0.2) is 18.2 Å². The molecule has 0 atom stereocenters. The Morgan fingerprint density at radius 1 is 1.27 bits per heavy atom. The van der Waals surface area contributed by atoms with Crippen LogP contribution in [0.1, 0.15) is 0 Å². The second kappa shape index (κ2) is 7.48. The first kappa shape index (κ1) is 17.5. The Labute approximate surface area is 122 Å². The van der Waals surface area contributed by atoms with Gasteiger partial charge in [-0.3, -0.25) is 10.1 Å². The lowest BCUT2D eigenvalue weighted by Gasteiger charge is -2.12. The molecule has 122 valence electrons. The number of urea groups is 1. The van der Waals surface area contributed by atoms with Gasteiger partial charge in [0.15, 0.2) is 0 Å².